The number of hydrogen-bond donors (Lipinski definition) is 1. The van der Waals surface area contributed by atoms with E-state index in [2.05, 4.69) is 0 Å². The van der Waals surface area contributed by atoms with Gasteiger partial charge in [-0.05, 0) is 38.8 Å². The number of fused-ring (bicyclic) bond motifs is 6. The smallest absolute Gasteiger partial charge is 0.348 e. The van der Waals surface area contributed by atoms with E-state index in [0.717, 1.165) is 18.4 Å². The van der Waals surface area contributed by atoms with Gasteiger partial charge in [0.1, 0.15) is 33.5 Å². The van der Waals surface area contributed by atoms with Crippen LogP contribution in [-0.4, -0.2) is 17.8 Å². The number of ether oxygens (including phenoxy) is 2. The molecule has 138 valence electrons. The minimum Gasteiger partial charge on any atom is -0.504 e. The maximum Gasteiger partial charge on any atom is 0.348 e. The number of phenols is 1. The Hall–Kier alpha value is -3.15. The maximum atomic E-state index is 12.7. The molecule has 0 amide bonds. The molecule has 0 atom stereocenters. The molecule has 3 heterocycles. The molecule has 2 aromatic heterocycles. The van der Waals surface area contributed by atoms with Crippen LogP contribution in [-0.2, 0) is 6.42 Å². The van der Waals surface area contributed by atoms with Crippen LogP contribution >= 0.6 is 0 Å². The van der Waals surface area contributed by atoms with Crippen LogP contribution in [0.5, 0.6) is 17.2 Å². The number of furan rings is 1. The average molecular weight is 366 g/mol. The molecule has 0 bridgehead atoms. The molecule has 27 heavy (non-hydrogen) atoms. The summed E-state index contributed by atoms with van der Waals surface area (Å²) < 4.78 is 23.3. The number of rotatable bonds is 1. The normalized spacial score (nSPS) is 15.8. The summed E-state index contributed by atoms with van der Waals surface area (Å²) >= 11 is 0. The van der Waals surface area contributed by atoms with Gasteiger partial charge in [-0.1, -0.05) is 6.07 Å². The number of aromatic hydroxyl groups is 1. The van der Waals surface area contributed by atoms with Crippen LogP contribution < -0.4 is 15.1 Å². The summed E-state index contributed by atoms with van der Waals surface area (Å²) in [4.78, 5) is 12.7. The number of para-hydroxylation sites is 1. The number of phenolic OH excluding ortho intramolecular Hbond substituents is 1. The van der Waals surface area contributed by atoms with E-state index < -0.39 is 5.63 Å². The lowest BCUT2D eigenvalue weighted by atomic mass is 9.92. The van der Waals surface area contributed by atoms with Gasteiger partial charge < -0.3 is 23.4 Å². The summed E-state index contributed by atoms with van der Waals surface area (Å²) in [6.45, 7) is 4.04. The van der Waals surface area contributed by atoms with Gasteiger partial charge in [0.05, 0.1) is 7.11 Å². The minimum atomic E-state index is -0.529. The van der Waals surface area contributed by atoms with Crippen LogP contribution in [0.4, 0.5) is 0 Å². The predicted octanol–water partition coefficient (Wildman–Crippen LogP) is 4.51. The zero-order chi connectivity index (χ0) is 18.9. The van der Waals surface area contributed by atoms with E-state index in [9.17, 15) is 9.90 Å². The third-order valence-corrected chi connectivity index (χ3v) is 5.20. The molecule has 0 aliphatic carbocycles. The summed E-state index contributed by atoms with van der Waals surface area (Å²) in [6, 6.07) is 6.63. The molecule has 0 fully saturated rings. The Morgan fingerprint density at radius 3 is 2.74 bits per heavy atom. The van der Waals surface area contributed by atoms with Crippen molar-refractivity contribution in [2.75, 3.05) is 7.11 Å². The second-order valence-electron chi connectivity index (χ2n) is 7.47. The lowest BCUT2D eigenvalue weighted by molar-refractivity contribution is 0.0838. The molecule has 0 spiro atoms. The van der Waals surface area contributed by atoms with Crippen LogP contribution in [0.1, 0.15) is 25.8 Å². The van der Waals surface area contributed by atoms with Gasteiger partial charge in [0.15, 0.2) is 16.9 Å². The summed E-state index contributed by atoms with van der Waals surface area (Å²) in [6.07, 6.45) is 1.61. The fraction of sp³-hybridized carbons (Fsp3) is 0.286. The summed E-state index contributed by atoms with van der Waals surface area (Å²) in [5.41, 5.74) is 1.02. The lowest BCUT2D eigenvalue weighted by Crippen LogP contribution is -2.32. The van der Waals surface area contributed by atoms with Crippen LogP contribution in [0.15, 0.2) is 37.9 Å². The topological polar surface area (TPSA) is 82.0 Å². The Morgan fingerprint density at radius 2 is 1.96 bits per heavy atom. The molecular weight excluding hydrogens is 348 g/mol. The molecule has 0 radical (unpaired) electrons. The fourth-order valence-electron chi connectivity index (χ4n) is 3.91. The molecule has 2 aromatic carbocycles. The van der Waals surface area contributed by atoms with Gasteiger partial charge in [0, 0.05) is 17.0 Å². The number of benzene rings is 2. The fourth-order valence-corrected chi connectivity index (χ4v) is 3.91. The first kappa shape index (κ1) is 16.1. The van der Waals surface area contributed by atoms with E-state index in [1.807, 2.05) is 13.8 Å². The van der Waals surface area contributed by atoms with Crippen molar-refractivity contribution in [3.8, 4) is 17.2 Å². The van der Waals surface area contributed by atoms with Crippen LogP contribution in [0.3, 0.4) is 0 Å². The van der Waals surface area contributed by atoms with E-state index in [1.165, 1.54) is 6.07 Å². The summed E-state index contributed by atoms with van der Waals surface area (Å²) in [5.74, 6) is 1.20. The molecule has 1 aliphatic rings. The summed E-state index contributed by atoms with van der Waals surface area (Å²) in [5, 5.41) is 11.5. The van der Waals surface area contributed by atoms with Gasteiger partial charge in [0.2, 0.25) is 0 Å². The molecule has 1 N–H and O–H groups in total. The third-order valence-electron chi connectivity index (χ3n) is 5.20. The van der Waals surface area contributed by atoms with Crippen molar-refractivity contribution in [2.24, 2.45) is 0 Å². The largest absolute Gasteiger partial charge is 0.504 e. The number of methoxy groups -OCH3 is 1. The summed E-state index contributed by atoms with van der Waals surface area (Å²) in [7, 11) is 1.58. The lowest BCUT2D eigenvalue weighted by Gasteiger charge is -2.33. The Morgan fingerprint density at radius 1 is 1.15 bits per heavy atom. The van der Waals surface area contributed by atoms with Crippen molar-refractivity contribution < 1.29 is 23.4 Å². The van der Waals surface area contributed by atoms with E-state index in [4.69, 9.17) is 18.3 Å². The molecule has 0 unspecified atom stereocenters. The quantitative estimate of drug-likeness (QED) is 0.499. The van der Waals surface area contributed by atoms with Gasteiger partial charge in [0.25, 0.3) is 0 Å². The van der Waals surface area contributed by atoms with E-state index in [1.54, 1.807) is 25.3 Å². The first-order chi connectivity index (χ1) is 12.9. The van der Waals surface area contributed by atoms with Crippen LogP contribution in [0.25, 0.3) is 32.9 Å². The predicted molar refractivity (Wildman–Crippen MR) is 101 cm³/mol. The van der Waals surface area contributed by atoms with Crippen molar-refractivity contribution >= 4 is 32.9 Å². The highest BCUT2D eigenvalue weighted by molar-refractivity contribution is 6.16. The second kappa shape index (κ2) is 5.19. The van der Waals surface area contributed by atoms with Gasteiger partial charge in [-0.15, -0.1) is 0 Å². The molecule has 0 saturated carbocycles. The minimum absolute atomic E-state index is 0.0294. The van der Waals surface area contributed by atoms with E-state index >= 15 is 0 Å². The van der Waals surface area contributed by atoms with Crippen molar-refractivity contribution in [3.05, 3.63) is 40.2 Å². The molecule has 0 saturated heterocycles. The number of hydrogen-bond acceptors (Lipinski definition) is 6. The van der Waals surface area contributed by atoms with Gasteiger partial charge >= 0.3 is 5.63 Å². The van der Waals surface area contributed by atoms with Gasteiger partial charge in [-0.25, -0.2) is 4.79 Å². The molecule has 5 rings (SSSR count). The Labute approximate surface area is 153 Å². The molecule has 6 nitrogen and oxygen atoms in total. The zero-order valence-electron chi connectivity index (χ0n) is 15.2. The maximum absolute atomic E-state index is 12.7. The highest BCUT2D eigenvalue weighted by Crippen LogP contribution is 2.46. The second-order valence-corrected chi connectivity index (χ2v) is 7.47. The Bertz CT molecular complexity index is 1290. The first-order valence-electron chi connectivity index (χ1n) is 8.79. The van der Waals surface area contributed by atoms with Gasteiger partial charge in [-0.2, -0.15) is 0 Å². The Balaban J connectivity index is 1.98. The zero-order valence-corrected chi connectivity index (χ0v) is 15.2. The Kier molecular flexibility index (Phi) is 3.09. The van der Waals surface area contributed by atoms with Crippen LogP contribution in [0, 0.1) is 0 Å². The van der Waals surface area contributed by atoms with Crippen molar-refractivity contribution in [3.63, 3.8) is 0 Å². The molecule has 4 aromatic rings. The van der Waals surface area contributed by atoms with Crippen molar-refractivity contribution in [2.45, 2.75) is 32.3 Å². The van der Waals surface area contributed by atoms with Crippen molar-refractivity contribution in [1.82, 2.24) is 0 Å². The molecular formula is C21H18O6. The SMILES string of the molecule is COc1c2c(cc3oc(=O)c4c5cccc(O)c5oc4c13)OC(C)(C)CC2. The third kappa shape index (κ3) is 2.16. The van der Waals surface area contributed by atoms with Crippen LogP contribution in [0.2, 0.25) is 0 Å². The first-order valence-corrected chi connectivity index (χ1v) is 8.79. The van der Waals surface area contributed by atoms with E-state index in [-0.39, 0.29) is 16.9 Å². The molecule has 1 aliphatic heterocycles. The molecule has 6 heteroatoms. The average Bonchev–Trinajstić information content (AvgIpc) is 3.00. The highest BCUT2D eigenvalue weighted by Gasteiger charge is 2.32. The van der Waals surface area contributed by atoms with Crippen molar-refractivity contribution in [1.29, 1.82) is 0 Å². The monoisotopic (exact) mass is 366 g/mol. The standard InChI is InChI=1S/C21H18O6/c1-21(2)8-7-10-13(27-21)9-14-16(18(10)24-3)19-15(20(23)25-14)11-5-4-6-12(22)17(11)26-19/h4-6,9,22H,7-8H2,1-3H3. The highest BCUT2D eigenvalue weighted by atomic mass is 16.5. The van der Waals surface area contributed by atoms with Gasteiger partial charge in [-0.3, -0.25) is 0 Å². The van der Waals surface area contributed by atoms with E-state index in [0.29, 0.717) is 38.8 Å².